The van der Waals surface area contributed by atoms with Gasteiger partial charge >= 0.3 is 88.7 Å². The topological polar surface area (TPSA) is 113 Å². The molecule has 0 rings (SSSR count). The Hall–Kier alpha value is 2.16. The Balaban J connectivity index is -0.000000135. The molecule has 0 saturated carbocycles. The predicted octanol–water partition coefficient (Wildman–Crippen LogP) is -11.9. The third-order valence-corrected chi connectivity index (χ3v) is 0.894. The second-order valence-electron chi connectivity index (χ2n) is 1.25. The first-order valence-electron chi connectivity index (χ1n) is 1.95. The molecule has 0 spiro atoms. The van der Waals surface area contributed by atoms with Crippen LogP contribution in [0.4, 0.5) is 0 Å². The Morgan fingerprint density at radius 3 is 1.62 bits per heavy atom. The van der Waals surface area contributed by atoms with E-state index in [1.807, 2.05) is 0 Å². The molecule has 0 radical (unpaired) electrons. The Labute approximate surface area is 141 Å². The van der Waals surface area contributed by atoms with Crippen molar-refractivity contribution in [2.75, 3.05) is 0 Å². The monoisotopic (exact) mass is 234 g/mol. The van der Waals surface area contributed by atoms with Crippen molar-refractivity contribution in [3.05, 3.63) is 12.3 Å². The number of phosphoric acid groups is 1. The van der Waals surface area contributed by atoms with Crippen LogP contribution in [0.2, 0.25) is 0 Å². The standard InChI is InChI=1S/C3H5O6P.3Na/c1-2(3(4)5)9-10(6,7)8;;;/h1H2,(H,4,5)(H2,6,7,8);;;/q;3*+1/p-3. The molecule has 0 heterocycles. The van der Waals surface area contributed by atoms with Gasteiger partial charge in [0.15, 0.2) is 0 Å². The van der Waals surface area contributed by atoms with Gasteiger partial charge in [-0.2, -0.15) is 0 Å². The van der Waals surface area contributed by atoms with Crippen LogP contribution < -0.4 is 104 Å². The van der Waals surface area contributed by atoms with E-state index in [-0.39, 0.29) is 88.7 Å². The van der Waals surface area contributed by atoms with E-state index in [2.05, 4.69) is 11.1 Å². The number of phosphoric ester groups is 1. The molecule has 0 atom stereocenters. The summed E-state index contributed by atoms with van der Waals surface area (Å²) < 4.78 is 12.9. The number of hydrogen-bond acceptors (Lipinski definition) is 6. The number of aliphatic carboxylic acids is 1. The van der Waals surface area contributed by atoms with Crippen LogP contribution in [0.1, 0.15) is 0 Å². The predicted molar refractivity (Wildman–Crippen MR) is 22.8 cm³/mol. The average molecular weight is 234 g/mol. The smallest absolute Gasteiger partial charge is 0.780 e. The molecule has 6 nitrogen and oxygen atoms in total. The molecule has 0 saturated heterocycles. The molecule has 0 bridgehead atoms. The second kappa shape index (κ2) is 10.7. The molecular formula is C3H2Na3O6P. The molecular weight excluding hydrogens is 232 g/mol. The molecule has 0 N–H and O–H groups in total. The number of carbonyl (C=O) groups is 1. The molecule has 0 aliphatic carbocycles. The van der Waals surface area contributed by atoms with Crippen LogP contribution in [-0.2, 0) is 13.9 Å². The maximum absolute atomic E-state index is 9.64. The molecule has 0 fully saturated rings. The summed E-state index contributed by atoms with van der Waals surface area (Å²) in [7, 11) is -5.30. The summed E-state index contributed by atoms with van der Waals surface area (Å²) >= 11 is 0. The maximum Gasteiger partial charge on any atom is 1.00 e. The zero-order valence-corrected chi connectivity index (χ0v) is 14.5. The number of carboxylic acids is 1. The summed E-state index contributed by atoms with van der Waals surface area (Å²) in [6.07, 6.45) is 0. The van der Waals surface area contributed by atoms with Crippen LogP contribution in [0.3, 0.4) is 0 Å². The van der Waals surface area contributed by atoms with Gasteiger partial charge in [0, 0.05) is 0 Å². The van der Waals surface area contributed by atoms with Crippen LogP contribution in [0, 0.1) is 0 Å². The molecule has 0 unspecified atom stereocenters. The van der Waals surface area contributed by atoms with E-state index in [1.54, 1.807) is 0 Å². The SMILES string of the molecule is C=C(OP(=O)([O-])[O-])C(=O)[O-].[Na+].[Na+].[Na+]. The molecule has 10 heteroatoms. The van der Waals surface area contributed by atoms with Gasteiger partial charge in [-0.25, -0.2) is 0 Å². The average Bonchev–Trinajstić information content (AvgIpc) is 1.60. The first-order chi connectivity index (χ1) is 4.33. The number of carboxylic acid groups (broad SMARTS) is 1. The van der Waals surface area contributed by atoms with Crippen LogP contribution in [0.15, 0.2) is 12.3 Å². The van der Waals surface area contributed by atoms with Crippen LogP contribution in [0.5, 0.6) is 0 Å². The largest absolute Gasteiger partial charge is 1.00 e. The zero-order valence-electron chi connectivity index (χ0n) is 7.60. The van der Waals surface area contributed by atoms with Crippen molar-refractivity contribution >= 4 is 13.8 Å². The Morgan fingerprint density at radius 2 is 1.54 bits per heavy atom. The minimum absolute atomic E-state index is 0. The molecule has 0 amide bonds. The Kier molecular flexibility index (Phi) is 20.0. The van der Waals surface area contributed by atoms with Crippen LogP contribution in [-0.4, -0.2) is 5.97 Å². The molecule has 0 aliphatic rings. The number of rotatable bonds is 3. The summed E-state index contributed by atoms with van der Waals surface area (Å²) in [5.74, 6) is -3.15. The minimum Gasteiger partial charge on any atom is -0.780 e. The fourth-order valence-electron chi connectivity index (χ4n) is 0.172. The molecule has 0 aromatic rings. The van der Waals surface area contributed by atoms with Crippen molar-refractivity contribution in [3.63, 3.8) is 0 Å². The third-order valence-electron chi connectivity index (χ3n) is 0.450. The van der Waals surface area contributed by atoms with E-state index in [4.69, 9.17) is 0 Å². The van der Waals surface area contributed by atoms with Crippen molar-refractivity contribution in [1.29, 1.82) is 0 Å². The van der Waals surface area contributed by atoms with E-state index < -0.39 is 19.6 Å². The molecule has 0 aromatic carbocycles. The molecule has 0 aliphatic heterocycles. The third kappa shape index (κ3) is 16.8. The van der Waals surface area contributed by atoms with Gasteiger partial charge in [-0.1, -0.05) is 6.58 Å². The van der Waals surface area contributed by atoms with Gasteiger partial charge in [0.2, 0.25) is 0 Å². The molecule has 58 valence electrons. The van der Waals surface area contributed by atoms with E-state index in [9.17, 15) is 24.3 Å². The summed E-state index contributed by atoms with van der Waals surface area (Å²) in [5.41, 5.74) is 0. The van der Waals surface area contributed by atoms with Gasteiger partial charge < -0.3 is 28.8 Å². The van der Waals surface area contributed by atoms with Gasteiger partial charge in [0.25, 0.3) is 0 Å². The van der Waals surface area contributed by atoms with Gasteiger partial charge in [-0.15, -0.1) is 0 Å². The Bertz CT molecular complexity index is 211. The number of carbonyl (C=O) groups excluding carboxylic acids is 1. The Morgan fingerprint density at radius 1 is 1.23 bits per heavy atom. The van der Waals surface area contributed by atoms with Gasteiger partial charge in [-0.3, -0.25) is 0 Å². The zero-order chi connectivity index (χ0) is 8.36. The van der Waals surface area contributed by atoms with E-state index in [0.29, 0.717) is 0 Å². The van der Waals surface area contributed by atoms with Crippen molar-refractivity contribution in [2.45, 2.75) is 0 Å². The molecule has 13 heavy (non-hydrogen) atoms. The van der Waals surface area contributed by atoms with Crippen LogP contribution >= 0.6 is 7.82 Å². The first kappa shape index (κ1) is 24.4. The van der Waals surface area contributed by atoms with Crippen molar-refractivity contribution < 1.29 is 117 Å². The quantitative estimate of drug-likeness (QED) is 0.207. The summed E-state index contributed by atoms with van der Waals surface area (Å²) in [6, 6.07) is 0. The first-order valence-corrected chi connectivity index (χ1v) is 3.41. The summed E-state index contributed by atoms with van der Waals surface area (Å²) in [4.78, 5) is 28.9. The van der Waals surface area contributed by atoms with Gasteiger partial charge in [0.1, 0.15) is 19.6 Å². The van der Waals surface area contributed by atoms with Crippen molar-refractivity contribution in [1.82, 2.24) is 0 Å². The van der Waals surface area contributed by atoms with E-state index in [1.165, 1.54) is 0 Å². The van der Waals surface area contributed by atoms with E-state index >= 15 is 0 Å². The minimum atomic E-state index is -5.30. The van der Waals surface area contributed by atoms with Gasteiger partial charge in [-0.05, 0) is 0 Å². The second-order valence-corrected chi connectivity index (χ2v) is 2.33. The molecule has 0 aromatic heterocycles. The fourth-order valence-corrected chi connectivity index (χ4v) is 0.517. The maximum atomic E-state index is 9.64. The van der Waals surface area contributed by atoms with E-state index in [0.717, 1.165) is 0 Å². The van der Waals surface area contributed by atoms with Crippen molar-refractivity contribution in [3.8, 4) is 0 Å². The number of hydrogen-bond donors (Lipinski definition) is 0. The summed E-state index contributed by atoms with van der Waals surface area (Å²) in [6.45, 7) is 2.58. The van der Waals surface area contributed by atoms with Gasteiger partial charge in [0.05, 0.1) is 0 Å². The fraction of sp³-hybridized carbons (Fsp3) is 0. The summed E-state index contributed by atoms with van der Waals surface area (Å²) in [5, 5.41) is 9.64. The van der Waals surface area contributed by atoms with Crippen molar-refractivity contribution in [2.24, 2.45) is 0 Å². The van der Waals surface area contributed by atoms with Crippen LogP contribution in [0.25, 0.3) is 0 Å². The normalized spacial score (nSPS) is 8.15.